The van der Waals surface area contributed by atoms with Gasteiger partial charge in [-0.2, -0.15) is 5.10 Å². The quantitative estimate of drug-likeness (QED) is 0.557. The number of esters is 1. The Labute approximate surface area is 155 Å². The van der Waals surface area contributed by atoms with Gasteiger partial charge in [0.25, 0.3) is 0 Å². The molecule has 0 unspecified atom stereocenters. The van der Waals surface area contributed by atoms with Gasteiger partial charge in [0, 0.05) is 22.7 Å². The molecule has 0 atom stereocenters. The number of pyridine rings is 1. The predicted octanol–water partition coefficient (Wildman–Crippen LogP) is 3.80. The van der Waals surface area contributed by atoms with Crippen LogP contribution in [0.3, 0.4) is 0 Å². The topological polar surface area (TPSA) is 81.5 Å². The number of nitrogens with zero attached hydrogens (tertiary/aromatic N) is 3. The lowest BCUT2D eigenvalue weighted by atomic mass is 9.96. The van der Waals surface area contributed by atoms with E-state index in [0.717, 1.165) is 27.7 Å². The standard InChI is InChI=1S/C20H20N4O3/c1-11(2)17-14-7-12(20(25)27-4)5-6-15(14)23-18(17)13-8-16(26-3)19-21-10-22-24(19)9-13/h5-11,23H,1-4H3. The van der Waals surface area contributed by atoms with Gasteiger partial charge in [0.2, 0.25) is 0 Å². The van der Waals surface area contributed by atoms with E-state index in [1.807, 2.05) is 24.4 Å². The van der Waals surface area contributed by atoms with Crippen LogP contribution < -0.4 is 4.74 Å². The zero-order chi connectivity index (χ0) is 19.1. The van der Waals surface area contributed by atoms with E-state index in [-0.39, 0.29) is 11.9 Å². The Balaban J connectivity index is 1.99. The van der Waals surface area contributed by atoms with E-state index in [9.17, 15) is 4.79 Å². The molecule has 0 aliphatic carbocycles. The van der Waals surface area contributed by atoms with E-state index in [4.69, 9.17) is 9.47 Å². The Morgan fingerprint density at radius 2 is 2.04 bits per heavy atom. The second-order valence-electron chi connectivity index (χ2n) is 6.65. The Morgan fingerprint density at radius 3 is 2.74 bits per heavy atom. The van der Waals surface area contributed by atoms with E-state index < -0.39 is 0 Å². The van der Waals surface area contributed by atoms with Crippen LogP contribution in [0.5, 0.6) is 5.75 Å². The highest BCUT2D eigenvalue weighted by atomic mass is 16.5. The Kier molecular flexibility index (Phi) is 4.07. The van der Waals surface area contributed by atoms with Gasteiger partial charge >= 0.3 is 5.97 Å². The van der Waals surface area contributed by atoms with Crippen LogP contribution in [0.25, 0.3) is 27.8 Å². The predicted molar refractivity (Wildman–Crippen MR) is 102 cm³/mol. The van der Waals surface area contributed by atoms with Gasteiger partial charge in [-0.25, -0.2) is 14.3 Å². The second-order valence-corrected chi connectivity index (χ2v) is 6.65. The molecule has 1 N–H and O–H groups in total. The van der Waals surface area contributed by atoms with Crippen molar-refractivity contribution in [3.63, 3.8) is 0 Å². The zero-order valence-electron chi connectivity index (χ0n) is 15.6. The molecule has 7 heteroatoms. The van der Waals surface area contributed by atoms with Gasteiger partial charge in [-0.1, -0.05) is 13.8 Å². The van der Waals surface area contributed by atoms with Crippen LogP contribution >= 0.6 is 0 Å². The van der Waals surface area contributed by atoms with Crippen molar-refractivity contribution >= 4 is 22.5 Å². The lowest BCUT2D eigenvalue weighted by Crippen LogP contribution is -2.00. The van der Waals surface area contributed by atoms with E-state index in [0.29, 0.717) is 17.0 Å². The Hall–Kier alpha value is -3.35. The average molecular weight is 364 g/mol. The molecule has 0 radical (unpaired) electrons. The molecule has 0 aliphatic heterocycles. The number of benzene rings is 1. The molecule has 4 aromatic rings. The fourth-order valence-corrected chi connectivity index (χ4v) is 3.47. The van der Waals surface area contributed by atoms with Gasteiger partial charge < -0.3 is 14.5 Å². The van der Waals surface area contributed by atoms with Crippen LogP contribution in [-0.4, -0.2) is 39.8 Å². The molecule has 0 bridgehead atoms. The first-order valence-corrected chi connectivity index (χ1v) is 8.65. The molecule has 0 fully saturated rings. The lowest BCUT2D eigenvalue weighted by molar-refractivity contribution is 0.0601. The minimum Gasteiger partial charge on any atom is -0.493 e. The fraction of sp³-hybridized carbons (Fsp3) is 0.250. The molecule has 27 heavy (non-hydrogen) atoms. The second kappa shape index (κ2) is 6.42. The van der Waals surface area contributed by atoms with Crippen molar-refractivity contribution in [3.8, 4) is 17.0 Å². The van der Waals surface area contributed by atoms with Crippen LogP contribution in [0.15, 0.2) is 36.8 Å². The molecular formula is C20H20N4O3. The lowest BCUT2D eigenvalue weighted by Gasteiger charge is -2.11. The van der Waals surface area contributed by atoms with Crippen LogP contribution in [0.2, 0.25) is 0 Å². The third-order valence-corrected chi connectivity index (χ3v) is 4.69. The SMILES string of the molecule is COC(=O)c1ccc2[nH]c(-c3cc(OC)c4ncnn4c3)c(C(C)C)c2c1. The van der Waals surface area contributed by atoms with E-state index in [1.54, 1.807) is 17.7 Å². The monoisotopic (exact) mass is 364 g/mol. The van der Waals surface area contributed by atoms with Crippen molar-refractivity contribution in [2.24, 2.45) is 0 Å². The number of carbonyl (C=O) groups is 1. The van der Waals surface area contributed by atoms with Gasteiger partial charge in [-0.3, -0.25) is 0 Å². The summed E-state index contributed by atoms with van der Waals surface area (Å²) >= 11 is 0. The van der Waals surface area contributed by atoms with E-state index in [2.05, 4.69) is 28.9 Å². The van der Waals surface area contributed by atoms with E-state index in [1.165, 1.54) is 13.4 Å². The first kappa shape index (κ1) is 17.1. The van der Waals surface area contributed by atoms with Gasteiger partial charge in [0.1, 0.15) is 6.33 Å². The number of aromatic amines is 1. The van der Waals surface area contributed by atoms with E-state index >= 15 is 0 Å². The van der Waals surface area contributed by atoms with Crippen molar-refractivity contribution in [3.05, 3.63) is 47.9 Å². The summed E-state index contributed by atoms with van der Waals surface area (Å²) in [6.07, 6.45) is 3.42. The molecule has 0 saturated heterocycles. The van der Waals surface area contributed by atoms with Crippen LogP contribution in [0.4, 0.5) is 0 Å². The fourth-order valence-electron chi connectivity index (χ4n) is 3.47. The molecule has 3 heterocycles. The summed E-state index contributed by atoms with van der Waals surface area (Å²) in [4.78, 5) is 19.7. The summed E-state index contributed by atoms with van der Waals surface area (Å²) in [5, 5.41) is 5.24. The number of carbonyl (C=O) groups excluding carboxylic acids is 1. The zero-order valence-corrected chi connectivity index (χ0v) is 15.6. The van der Waals surface area contributed by atoms with Crippen molar-refractivity contribution in [2.45, 2.75) is 19.8 Å². The maximum atomic E-state index is 11.9. The van der Waals surface area contributed by atoms with Gasteiger partial charge in [-0.15, -0.1) is 0 Å². The minimum absolute atomic E-state index is 0.235. The summed E-state index contributed by atoms with van der Waals surface area (Å²) in [5.41, 5.74) is 5.18. The molecule has 4 rings (SSSR count). The summed E-state index contributed by atoms with van der Waals surface area (Å²) in [5.74, 6) is 0.535. The number of hydrogen-bond acceptors (Lipinski definition) is 5. The number of fused-ring (bicyclic) bond motifs is 2. The normalized spacial score (nSPS) is 11.4. The third-order valence-electron chi connectivity index (χ3n) is 4.69. The highest BCUT2D eigenvalue weighted by molar-refractivity contribution is 5.98. The van der Waals surface area contributed by atoms with Crippen molar-refractivity contribution < 1.29 is 14.3 Å². The smallest absolute Gasteiger partial charge is 0.337 e. The molecule has 3 aromatic heterocycles. The van der Waals surface area contributed by atoms with Crippen LogP contribution in [0, 0.1) is 0 Å². The highest BCUT2D eigenvalue weighted by Crippen LogP contribution is 2.37. The summed E-state index contributed by atoms with van der Waals surface area (Å²) in [6.45, 7) is 4.25. The molecule has 0 spiro atoms. The maximum Gasteiger partial charge on any atom is 0.337 e. The summed E-state index contributed by atoms with van der Waals surface area (Å²) in [6, 6.07) is 7.49. The first-order valence-electron chi connectivity index (χ1n) is 8.65. The first-order chi connectivity index (χ1) is 13.0. The number of H-pyrrole nitrogens is 1. The average Bonchev–Trinajstić information content (AvgIpc) is 3.29. The molecule has 1 aromatic carbocycles. The number of methoxy groups -OCH3 is 2. The summed E-state index contributed by atoms with van der Waals surface area (Å²) in [7, 11) is 3.00. The number of nitrogens with one attached hydrogen (secondary N) is 1. The minimum atomic E-state index is -0.347. The largest absolute Gasteiger partial charge is 0.493 e. The van der Waals surface area contributed by atoms with Gasteiger partial charge in [0.05, 0.1) is 25.5 Å². The number of rotatable bonds is 4. The molecule has 138 valence electrons. The van der Waals surface area contributed by atoms with Crippen molar-refractivity contribution in [1.29, 1.82) is 0 Å². The van der Waals surface area contributed by atoms with Crippen molar-refractivity contribution in [2.75, 3.05) is 14.2 Å². The van der Waals surface area contributed by atoms with Gasteiger partial charge in [-0.05, 0) is 35.7 Å². The Morgan fingerprint density at radius 1 is 1.22 bits per heavy atom. The molecule has 7 nitrogen and oxygen atoms in total. The molecule has 0 aliphatic rings. The number of hydrogen-bond donors (Lipinski definition) is 1. The van der Waals surface area contributed by atoms with Crippen LogP contribution in [-0.2, 0) is 4.74 Å². The third kappa shape index (κ3) is 2.71. The molecular weight excluding hydrogens is 344 g/mol. The summed E-state index contributed by atoms with van der Waals surface area (Å²) < 4.78 is 12.0. The number of ether oxygens (including phenoxy) is 2. The van der Waals surface area contributed by atoms with Crippen molar-refractivity contribution in [1.82, 2.24) is 19.6 Å². The van der Waals surface area contributed by atoms with Gasteiger partial charge in [0.15, 0.2) is 11.4 Å². The molecule has 0 saturated carbocycles. The molecule has 0 amide bonds. The Bertz CT molecular complexity index is 1160. The highest BCUT2D eigenvalue weighted by Gasteiger charge is 2.19. The maximum absolute atomic E-state index is 11.9. The van der Waals surface area contributed by atoms with Crippen LogP contribution in [0.1, 0.15) is 35.7 Å². The number of aromatic nitrogens is 4.